The van der Waals surface area contributed by atoms with Gasteiger partial charge in [-0.05, 0) is 16.7 Å². The van der Waals surface area contributed by atoms with Gasteiger partial charge < -0.3 is 0 Å². The van der Waals surface area contributed by atoms with Gasteiger partial charge in [0.05, 0.1) is 0 Å². The average molecular weight is 236 g/mol. The molecule has 0 heterocycles. The lowest BCUT2D eigenvalue weighted by Gasteiger charge is -2.06. The van der Waals surface area contributed by atoms with Gasteiger partial charge in [0.15, 0.2) is 6.21 Å². The van der Waals surface area contributed by atoms with Crippen LogP contribution in [0.5, 0.6) is 0 Å². The van der Waals surface area contributed by atoms with Crippen molar-refractivity contribution in [3.05, 3.63) is 77.9 Å². The minimum Gasteiger partial charge on any atom is -0.241 e. The summed E-state index contributed by atoms with van der Waals surface area (Å²) >= 11 is 0. The van der Waals surface area contributed by atoms with Crippen molar-refractivity contribution >= 4 is 11.8 Å². The van der Waals surface area contributed by atoms with Crippen LogP contribution in [-0.4, -0.2) is 24.9 Å². The average Bonchev–Trinajstić information content (AvgIpc) is 2.41. The van der Waals surface area contributed by atoms with E-state index in [1.54, 1.807) is 0 Å². The molecule has 0 fully saturated rings. The molecule has 2 aromatic rings. The van der Waals surface area contributed by atoms with Gasteiger partial charge in [-0.1, -0.05) is 60.7 Å². The molecule has 18 heavy (non-hydrogen) atoms. The molecule has 0 saturated carbocycles. The summed E-state index contributed by atoms with van der Waals surface area (Å²) in [4.78, 5) is 0. The van der Waals surface area contributed by atoms with Gasteiger partial charge in [-0.15, -0.1) is 0 Å². The zero-order valence-electron chi connectivity index (χ0n) is 10.9. The van der Waals surface area contributed by atoms with Crippen molar-refractivity contribution in [1.29, 1.82) is 0 Å². The Balaban J connectivity index is 2.49. The van der Waals surface area contributed by atoms with E-state index >= 15 is 0 Å². The van der Waals surface area contributed by atoms with Crippen LogP contribution in [0.25, 0.3) is 5.57 Å². The van der Waals surface area contributed by atoms with Crippen molar-refractivity contribution in [1.82, 2.24) is 0 Å². The number of hydrogen-bond acceptors (Lipinski definition) is 0. The lowest BCUT2D eigenvalue weighted by atomic mass is 9.98. The van der Waals surface area contributed by atoms with E-state index in [2.05, 4.69) is 60.8 Å². The van der Waals surface area contributed by atoms with Gasteiger partial charge in [0.2, 0.25) is 0 Å². The highest BCUT2D eigenvalue weighted by Crippen LogP contribution is 2.22. The van der Waals surface area contributed by atoms with Crippen molar-refractivity contribution < 1.29 is 4.58 Å². The van der Waals surface area contributed by atoms with Gasteiger partial charge in [0, 0.05) is 6.08 Å². The van der Waals surface area contributed by atoms with E-state index in [4.69, 9.17) is 0 Å². The maximum atomic E-state index is 2.16. The summed E-state index contributed by atoms with van der Waals surface area (Å²) in [5.74, 6) is 0. The Morgan fingerprint density at radius 2 is 1.22 bits per heavy atom. The second-order valence-electron chi connectivity index (χ2n) is 4.43. The van der Waals surface area contributed by atoms with E-state index in [1.807, 2.05) is 30.8 Å². The van der Waals surface area contributed by atoms with Gasteiger partial charge >= 0.3 is 0 Å². The van der Waals surface area contributed by atoms with Crippen molar-refractivity contribution in [2.45, 2.75) is 0 Å². The fraction of sp³-hybridized carbons (Fsp3) is 0.118. The van der Waals surface area contributed by atoms with E-state index < -0.39 is 0 Å². The molecule has 0 aromatic heterocycles. The molecule has 0 bridgehead atoms. The Bertz CT molecular complexity index is 505. The highest BCUT2D eigenvalue weighted by Gasteiger charge is 2.03. The minimum atomic E-state index is 1.24. The fourth-order valence-corrected chi connectivity index (χ4v) is 1.82. The second kappa shape index (κ2) is 5.97. The van der Waals surface area contributed by atoms with Gasteiger partial charge in [0.1, 0.15) is 14.1 Å². The first-order valence-corrected chi connectivity index (χ1v) is 6.10. The largest absolute Gasteiger partial charge is 0.241 e. The van der Waals surface area contributed by atoms with Crippen LogP contribution in [0.4, 0.5) is 0 Å². The standard InChI is InChI=1S/C17H18N/c1-18(2)14-13-17(15-9-5-3-6-10-15)16-11-7-4-8-12-16/h3-14H,1-2H3/q+1. The predicted molar refractivity (Wildman–Crippen MR) is 78.1 cm³/mol. The van der Waals surface area contributed by atoms with Crippen LogP contribution in [0.2, 0.25) is 0 Å². The summed E-state index contributed by atoms with van der Waals surface area (Å²) in [5.41, 5.74) is 3.72. The molecular formula is C17H18N+. The summed E-state index contributed by atoms with van der Waals surface area (Å²) in [5, 5.41) is 0. The molecule has 0 aliphatic rings. The zero-order valence-corrected chi connectivity index (χ0v) is 10.9. The van der Waals surface area contributed by atoms with Crippen LogP contribution in [0.15, 0.2) is 66.7 Å². The Labute approximate surface area is 109 Å². The third kappa shape index (κ3) is 3.17. The first-order chi connectivity index (χ1) is 8.77. The topological polar surface area (TPSA) is 3.01 Å². The molecule has 1 nitrogen and oxygen atoms in total. The van der Waals surface area contributed by atoms with Crippen LogP contribution < -0.4 is 0 Å². The lowest BCUT2D eigenvalue weighted by Crippen LogP contribution is -1.97. The Morgan fingerprint density at radius 1 is 0.778 bits per heavy atom. The summed E-state index contributed by atoms with van der Waals surface area (Å²) in [6.45, 7) is 0. The molecule has 1 heteroatoms. The number of benzene rings is 2. The predicted octanol–water partition coefficient (Wildman–Crippen LogP) is 3.46. The van der Waals surface area contributed by atoms with E-state index in [0.717, 1.165) is 0 Å². The summed E-state index contributed by atoms with van der Waals surface area (Å²) in [6.07, 6.45) is 4.24. The third-order valence-electron chi connectivity index (χ3n) is 2.71. The van der Waals surface area contributed by atoms with Crippen molar-refractivity contribution in [3.8, 4) is 0 Å². The first kappa shape index (κ1) is 12.3. The summed E-state index contributed by atoms with van der Waals surface area (Å²) in [7, 11) is 4.06. The van der Waals surface area contributed by atoms with Gasteiger partial charge in [-0.2, -0.15) is 0 Å². The molecule has 0 spiro atoms. The van der Waals surface area contributed by atoms with Crippen molar-refractivity contribution in [2.24, 2.45) is 0 Å². The van der Waals surface area contributed by atoms with Crippen LogP contribution in [0.1, 0.15) is 11.1 Å². The van der Waals surface area contributed by atoms with Gasteiger partial charge in [0.25, 0.3) is 0 Å². The summed E-state index contributed by atoms with van der Waals surface area (Å²) < 4.78 is 2.05. The number of rotatable bonds is 3. The second-order valence-corrected chi connectivity index (χ2v) is 4.43. The first-order valence-electron chi connectivity index (χ1n) is 6.10. The minimum absolute atomic E-state index is 1.24. The lowest BCUT2D eigenvalue weighted by molar-refractivity contribution is -0.458. The number of hydrogen-bond donors (Lipinski definition) is 0. The fourth-order valence-electron chi connectivity index (χ4n) is 1.82. The molecule has 0 atom stereocenters. The highest BCUT2D eigenvalue weighted by molar-refractivity contribution is 5.89. The third-order valence-corrected chi connectivity index (χ3v) is 2.71. The maximum absolute atomic E-state index is 2.16. The molecule has 90 valence electrons. The van der Waals surface area contributed by atoms with Crippen LogP contribution in [0, 0.1) is 0 Å². The number of nitrogens with zero attached hydrogens (tertiary/aromatic N) is 1. The SMILES string of the molecule is C[N+](C)=CC=C(c1ccccc1)c1ccccc1. The monoisotopic (exact) mass is 236 g/mol. The molecule has 2 aromatic carbocycles. The molecule has 2 rings (SSSR count). The van der Waals surface area contributed by atoms with Crippen LogP contribution in [0.3, 0.4) is 0 Å². The Hall–Kier alpha value is -2.15. The van der Waals surface area contributed by atoms with E-state index in [-0.39, 0.29) is 0 Å². The quantitative estimate of drug-likeness (QED) is 0.567. The van der Waals surface area contributed by atoms with E-state index in [0.29, 0.717) is 0 Å². The normalized spacial score (nSPS) is 9.67. The van der Waals surface area contributed by atoms with E-state index in [9.17, 15) is 0 Å². The molecule has 0 saturated heterocycles. The molecule has 0 N–H and O–H groups in total. The van der Waals surface area contributed by atoms with E-state index in [1.165, 1.54) is 16.7 Å². The smallest absolute Gasteiger partial charge is 0.163 e. The van der Waals surface area contributed by atoms with Gasteiger partial charge in [-0.25, -0.2) is 4.58 Å². The highest BCUT2D eigenvalue weighted by atomic mass is 14.9. The van der Waals surface area contributed by atoms with Crippen molar-refractivity contribution in [2.75, 3.05) is 14.1 Å². The molecule has 0 unspecified atom stereocenters. The molecule has 0 aliphatic heterocycles. The van der Waals surface area contributed by atoms with Crippen molar-refractivity contribution in [3.63, 3.8) is 0 Å². The zero-order chi connectivity index (χ0) is 12.8. The van der Waals surface area contributed by atoms with Crippen LogP contribution in [-0.2, 0) is 0 Å². The maximum Gasteiger partial charge on any atom is 0.163 e. The molecule has 0 amide bonds. The summed E-state index contributed by atoms with van der Waals surface area (Å²) in [6, 6.07) is 20.9. The van der Waals surface area contributed by atoms with Crippen LogP contribution >= 0.6 is 0 Å². The molecule has 0 radical (unpaired) electrons. The number of allylic oxidation sites excluding steroid dienone is 1. The Kier molecular flexibility index (Phi) is 4.08. The molecular weight excluding hydrogens is 218 g/mol. The molecule has 0 aliphatic carbocycles. The Morgan fingerprint density at radius 3 is 1.61 bits per heavy atom. The van der Waals surface area contributed by atoms with Gasteiger partial charge in [-0.3, -0.25) is 0 Å².